The van der Waals surface area contributed by atoms with Gasteiger partial charge in [-0.25, -0.2) is 0 Å². The normalized spacial score (nSPS) is 47.5. The standard InChI is InChI=1S/C22H35O7.2Ac.Li/c1-10(12(3)23)15-16(25)18(26)20(6)13(24)8-14-22(28,9-29-14)17(20)11(2)21(7,27)19(15,4)5;;;/h11-14,16-17,23,25,27-28H,8-9H2,1-7H3;;;/q-1;;;+1/b15-10-;;;/t11-,12?,13?,14?,16?,17?,20+,21?,22?;;;/m0.../s1. The van der Waals surface area contributed by atoms with E-state index in [1.165, 1.54) is 13.8 Å². The SMILES string of the molecule is C/C(=C1\C(O)C(=O)[C@]2(C)C([O-])CC3OCC3(O)C2[C@H](C)C(C)(O)C1(C)C)C(C)O.[Ac].[Ac].[Li+]. The number of hydrogen-bond donors (Lipinski definition) is 4. The van der Waals surface area contributed by atoms with Gasteiger partial charge in [-0.2, -0.15) is 0 Å². The van der Waals surface area contributed by atoms with E-state index in [1.54, 1.807) is 34.6 Å². The molecule has 3 rings (SSSR count). The quantitative estimate of drug-likeness (QED) is 0.163. The molecule has 0 amide bonds. The first-order valence-electron chi connectivity index (χ1n) is 10.4. The summed E-state index contributed by atoms with van der Waals surface area (Å²) in [6.45, 7) is 11.5. The molecule has 9 atom stereocenters. The van der Waals surface area contributed by atoms with Gasteiger partial charge in [0.1, 0.15) is 11.7 Å². The van der Waals surface area contributed by atoms with Crippen LogP contribution in [0.4, 0.5) is 0 Å². The van der Waals surface area contributed by atoms with Crippen molar-refractivity contribution in [3.63, 3.8) is 0 Å². The zero-order valence-electron chi connectivity index (χ0n) is 20.5. The molecule has 1 heterocycles. The molecular weight excluding hydrogens is 837 g/mol. The molecule has 2 saturated carbocycles. The molecule has 0 spiro atoms. The summed E-state index contributed by atoms with van der Waals surface area (Å²) >= 11 is 0. The first kappa shape index (κ1) is 34.7. The van der Waals surface area contributed by atoms with Crippen molar-refractivity contribution in [2.24, 2.45) is 22.7 Å². The van der Waals surface area contributed by atoms with Crippen LogP contribution in [0.5, 0.6) is 0 Å². The van der Waals surface area contributed by atoms with E-state index in [0.29, 0.717) is 5.57 Å². The van der Waals surface area contributed by atoms with Gasteiger partial charge in [-0.15, -0.1) is 6.10 Å². The number of hydrogen-bond acceptors (Lipinski definition) is 7. The van der Waals surface area contributed by atoms with Crippen molar-refractivity contribution < 1.29 is 142 Å². The zero-order chi connectivity index (χ0) is 22.3. The monoisotopic (exact) mass is 872 g/mol. The summed E-state index contributed by atoms with van der Waals surface area (Å²) in [4.78, 5) is 13.7. The number of carbonyl (C=O) groups excluding carboxylic acids is 1. The van der Waals surface area contributed by atoms with Crippen LogP contribution in [0.25, 0.3) is 0 Å². The fourth-order valence-electron chi connectivity index (χ4n) is 6.22. The van der Waals surface area contributed by atoms with Gasteiger partial charge in [0.15, 0.2) is 5.78 Å². The average Bonchev–Trinajstić information content (AvgIpc) is 2.61. The second kappa shape index (κ2) is 11.2. The van der Waals surface area contributed by atoms with Crippen molar-refractivity contribution in [3.05, 3.63) is 11.1 Å². The van der Waals surface area contributed by atoms with Gasteiger partial charge in [0, 0.05) is 105 Å². The molecular formula is C22H35Ac2LiO7. The van der Waals surface area contributed by atoms with Gasteiger partial charge in [0.25, 0.3) is 0 Å². The van der Waals surface area contributed by atoms with E-state index in [-0.39, 0.29) is 126 Å². The van der Waals surface area contributed by atoms with Crippen LogP contribution >= 0.6 is 0 Å². The number of ether oxygens (including phenoxy) is 1. The molecule has 32 heavy (non-hydrogen) atoms. The van der Waals surface area contributed by atoms with E-state index < -0.39 is 64.1 Å². The van der Waals surface area contributed by atoms with Crippen LogP contribution in [0, 0.1) is 111 Å². The number of aliphatic hydroxyl groups is 4. The Morgan fingerprint density at radius 3 is 2.09 bits per heavy atom. The summed E-state index contributed by atoms with van der Waals surface area (Å²) in [5.41, 5.74) is -4.99. The maximum Gasteiger partial charge on any atom is 1.00 e. The van der Waals surface area contributed by atoms with Crippen molar-refractivity contribution in [1.82, 2.24) is 0 Å². The first-order valence-corrected chi connectivity index (χ1v) is 10.4. The van der Waals surface area contributed by atoms with Gasteiger partial charge < -0.3 is 30.3 Å². The summed E-state index contributed by atoms with van der Waals surface area (Å²) in [7, 11) is 0. The van der Waals surface area contributed by atoms with Crippen LogP contribution in [0.1, 0.15) is 54.9 Å². The van der Waals surface area contributed by atoms with E-state index in [2.05, 4.69) is 0 Å². The molecule has 0 aromatic rings. The Hall–Kier alpha value is 2.65. The zero-order valence-corrected chi connectivity index (χ0v) is 30.0. The summed E-state index contributed by atoms with van der Waals surface area (Å²) in [6.07, 6.45) is -4.71. The average molecular weight is 872 g/mol. The molecule has 0 aromatic carbocycles. The van der Waals surface area contributed by atoms with Crippen LogP contribution in [-0.2, 0) is 9.53 Å². The van der Waals surface area contributed by atoms with Gasteiger partial charge >= 0.3 is 18.9 Å². The van der Waals surface area contributed by atoms with E-state index in [1.807, 2.05) is 0 Å². The molecule has 172 valence electrons. The van der Waals surface area contributed by atoms with Gasteiger partial charge in [-0.3, -0.25) is 4.79 Å². The van der Waals surface area contributed by atoms with Crippen molar-refractivity contribution in [2.75, 3.05) is 6.61 Å². The Bertz CT molecular complexity index is 757. The topological polar surface area (TPSA) is 130 Å². The Kier molecular flexibility index (Phi) is 12.1. The molecule has 3 aliphatic rings. The van der Waals surface area contributed by atoms with E-state index in [9.17, 15) is 30.3 Å². The fourth-order valence-corrected chi connectivity index (χ4v) is 6.22. The number of aliphatic hydroxyl groups excluding tert-OH is 2. The third kappa shape index (κ3) is 4.67. The molecule has 2 radical (unpaired) electrons. The van der Waals surface area contributed by atoms with Crippen molar-refractivity contribution >= 4 is 5.78 Å². The third-order valence-electron chi connectivity index (χ3n) is 8.78. The third-order valence-corrected chi connectivity index (χ3v) is 8.78. The van der Waals surface area contributed by atoms with Crippen molar-refractivity contribution in [2.45, 2.75) is 90.5 Å². The molecule has 7 unspecified atom stereocenters. The predicted octanol–water partition coefficient (Wildman–Crippen LogP) is -3.07. The minimum absolute atomic E-state index is 0. The van der Waals surface area contributed by atoms with Gasteiger partial charge in [0.2, 0.25) is 0 Å². The van der Waals surface area contributed by atoms with Gasteiger partial charge in [-0.1, -0.05) is 27.7 Å². The second-order valence-corrected chi connectivity index (χ2v) is 10.4. The maximum atomic E-state index is 13.7. The van der Waals surface area contributed by atoms with Crippen molar-refractivity contribution in [1.29, 1.82) is 0 Å². The number of rotatable bonds is 1. The number of carbonyl (C=O) groups is 1. The molecule has 0 bridgehead atoms. The Morgan fingerprint density at radius 2 is 1.69 bits per heavy atom. The summed E-state index contributed by atoms with van der Waals surface area (Å²) in [6, 6.07) is 0. The maximum absolute atomic E-state index is 13.7. The number of Topliss-reactive ketones (excluding diaryl/α,β-unsaturated/α-hetero) is 1. The molecule has 2 aliphatic carbocycles. The van der Waals surface area contributed by atoms with E-state index in [0.717, 1.165) is 0 Å². The molecule has 4 N–H and O–H groups in total. The molecule has 1 saturated heterocycles. The largest absolute Gasteiger partial charge is 1.00 e. The number of fused-ring (bicyclic) bond motifs is 3. The fraction of sp³-hybridized carbons (Fsp3) is 0.864. The summed E-state index contributed by atoms with van der Waals surface area (Å²) in [5, 5.41) is 57.8. The smallest absolute Gasteiger partial charge is 0.851 e. The van der Waals surface area contributed by atoms with Crippen LogP contribution in [0.15, 0.2) is 11.1 Å². The van der Waals surface area contributed by atoms with Crippen LogP contribution in [0.2, 0.25) is 0 Å². The van der Waals surface area contributed by atoms with Crippen LogP contribution in [0.3, 0.4) is 0 Å². The van der Waals surface area contributed by atoms with Crippen LogP contribution in [-0.4, -0.2) is 68.4 Å². The molecule has 1 aliphatic heterocycles. The molecule has 10 heteroatoms. The Morgan fingerprint density at radius 1 is 1.19 bits per heavy atom. The molecule has 0 aromatic heterocycles. The summed E-state index contributed by atoms with van der Waals surface area (Å²) in [5.74, 6) is -2.20. The molecule has 7 nitrogen and oxygen atoms in total. The minimum atomic E-state index is -1.66. The Labute approximate surface area is 274 Å². The number of ketones is 1. The summed E-state index contributed by atoms with van der Waals surface area (Å²) < 4.78 is 5.45. The molecule has 3 fully saturated rings. The predicted molar refractivity (Wildman–Crippen MR) is 104 cm³/mol. The minimum Gasteiger partial charge on any atom is -0.851 e. The van der Waals surface area contributed by atoms with E-state index in [4.69, 9.17) is 4.74 Å². The Balaban J connectivity index is 0.00000320. The first-order chi connectivity index (χ1) is 13.1. The van der Waals surface area contributed by atoms with Crippen molar-refractivity contribution in [3.8, 4) is 0 Å². The van der Waals surface area contributed by atoms with Crippen LogP contribution < -0.4 is 24.0 Å². The van der Waals surface area contributed by atoms with E-state index >= 15 is 0 Å². The van der Waals surface area contributed by atoms with Gasteiger partial charge in [-0.05, 0) is 44.3 Å². The van der Waals surface area contributed by atoms with Gasteiger partial charge in [0.05, 0.1) is 24.4 Å². The second-order valence-electron chi connectivity index (χ2n) is 10.4.